The molecule has 0 amide bonds. The Morgan fingerprint density at radius 3 is 2.33 bits per heavy atom. The van der Waals surface area contributed by atoms with Gasteiger partial charge in [0.1, 0.15) is 0 Å². The highest BCUT2D eigenvalue weighted by molar-refractivity contribution is 5.59. The highest BCUT2D eigenvalue weighted by Gasteiger charge is 2.23. The molecule has 0 bridgehead atoms. The molecule has 0 radical (unpaired) electrons. The largest absolute Gasteiger partial charge is 0.378 e. The van der Waals surface area contributed by atoms with Gasteiger partial charge in [0.05, 0.1) is 6.04 Å². The van der Waals surface area contributed by atoms with Crippen LogP contribution in [0.5, 0.6) is 0 Å². The van der Waals surface area contributed by atoms with Crippen molar-refractivity contribution in [3.05, 3.63) is 64.2 Å². The minimum Gasteiger partial charge on any atom is -0.378 e. The van der Waals surface area contributed by atoms with Gasteiger partial charge in [-0.2, -0.15) is 0 Å². The van der Waals surface area contributed by atoms with Gasteiger partial charge in [0.15, 0.2) is 0 Å². The molecule has 1 aliphatic heterocycles. The number of fused-ring (bicyclic) bond motifs is 1. The van der Waals surface area contributed by atoms with Gasteiger partial charge in [0.2, 0.25) is 0 Å². The van der Waals surface area contributed by atoms with Crippen LogP contribution in [0.2, 0.25) is 0 Å². The average molecular weight is 237 g/mol. The lowest BCUT2D eigenvalue weighted by atomic mass is 9.92. The third-order valence-electron chi connectivity index (χ3n) is 3.86. The van der Waals surface area contributed by atoms with Crippen LogP contribution in [-0.2, 0) is 6.42 Å². The van der Waals surface area contributed by atoms with E-state index in [0.29, 0.717) is 6.04 Å². The third-order valence-corrected chi connectivity index (χ3v) is 3.86. The van der Waals surface area contributed by atoms with Crippen molar-refractivity contribution in [3.63, 3.8) is 0 Å². The summed E-state index contributed by atoms with van der Waals surface area (Å²) in [5, 5.41) is 3.65. The van der Waals surface area contributed by atoms with Crippen LogP contribution >= 0.6 is 0 Å². The van der Waals surface area contributed by atoms with Crippen molar-refractivity contribution >= 4 is 5.69 Å². The summed E-state index contributed by atoms with van der Waals surface area (Å²) in [7, 11) is 0. The lowest BCUT2D eigenvalue weighted by molar-refractivity contribution is 0.807. The summed E-state index contributed by atoms with van der Waals surface area (Å²) in [6, 6.07) is 13.6. The molecule has 3 rings (SSSR count). The second kappa shape index (κ2) is 4.16. The summed E-state index contributed by atoms with van der Waals surface area (Å²) in [6.07, 6.45) is 1.10. The van der Waals surface area contributed by atoms with E-state index in [1.807, 2.05) is 0 Å². The first kappa shape index (κ1) is 11.3. The molecule has 1 nitrogen and oxygen atoms in total. The predicted octanol–water partition coefficient (Wildman–Crippen LogP) is 4.32. The van der Waals surface area contributed by atoms with Crippen molar-refractivity contribution < 1.29 is 0 Å². The van der Waals surface area contributed by atoms with Gasteiger partial charge in [-0.05, 0) is 55.5 Å². The molecule has 1 N–H and O–H groups in total. The predicted molar refractivity (Wildman–Crippen MR) is 77.2 cm³/mol. The molecule has 0 aliphatic carbocycles. The highest BCUT2D eigenvalue weighted by atomic mass is 14.9. The van der Waals surface area contributed by atoms with Gasteiger partial charge >= 0.3 is 0 Å². The minimum absolute atomic E-state index is 0.433. The Morgan fingerprint density at radius 1 is 1.00 bits per heavy atom. The second-order valence-electron chi connectivity index (χ2n) is 5.37. The molecular formula is C17H19N. The molecule has 18 heavy (non-hydrogen) atoms. The smallest absolute Gasteiger partial charge is 0.0560 e. The fraction of sp³-hybridized carbons (Fsp3) is 0.294. The standard InChI is InChI=1S/C17H19N/c1-11-8-12(2)17(13(3)9-11)16-10-14-6-4-5-7-15(14)18-16/h4-9,16,18H,10H2,1-3H3. The molecule has 0 fully saturated rings. The van der Waals surface area contributed by atoms with Crippen LogP contribution in [0.3, 0.4) is 0 Å². The zero-order chi connectivity index (χ0) is 12.7. The van der Waals surface area contributed by atoms with E-state index in [1.54, 1.807) is 0 Å². The molecule has 2 aromatic carbocycles. The van der Waals surface area contributed by atoms with Gasteiger partial charge in [-0.3, -0.25) is 0 Å². The first-order chi connectivity index (χ1) is 8.65. The number of nitrogens with one attached hydrogen (secondary N) is 1. The van der Waals surface area contributed by atoms with Crippen LogP contribution in [0.1, 0.15) is 33.9 Å². The molecule has 1 heterocycles. The number of hydrogen-bond acceptors (Lipinski definition) is 1. The van der Waals surface area contributed by atoms with Crippen molar-refractivity contribution in [2.75, 3.05) is 5.32 Å². The average Bonchev–Trinajstić information content (AvgIpc) is 2.70. The molecular weight excluding hydrogens is 218 g/mol. The molecule has 2 aromatic rings. The summed E-state index contributed by atoms with van der Waals surface area (Å²) >= 11 is 0. The number of aryl methyl sites for hydroxylation is 3. The number of rotatable bonds is 1. The maximum Gasteiger partial charge on any atom is 0.0560 e. The number of hydrogen-bond donors (Lipinski definition) is 1. The molecule has 1 heteroatoms. The Labute approximate surface area is 109 Å². The fourth-order valence-corrected chi connectivity index (χ4v) is 3.21. The summed E-state index contributed by atoms with van der Waals surface area (Å²) in [5.74, 6) is 0. The molecule has 0 saturated heterocycles. The van der Waals surface area contributed by atoms with E-state index in [9.17, 15) is 0 Å². The van der Waals surface area contributed by atoms with Gasteiger partial charge < -0.3 is 5.32 Å². The zero-order valence-corrected chi connectivity index (χ0v) is 11.2. The quantitative estimate of drug-likeness (QED) is 0.778. The number of anilines is 1. The van der Waals surface area contributed by atoms with Gasteiger partial charge in [0.25, 0.3) is 0 Å². The van der Waals surface area contributed by atoms with E-state index in [0.717, 1.165) is 6.42 Å². The van der Waals surface area contributed by atoms with E-state index < -0.39 is 0 Å². The lowest BCUT2D eigenvalue weighted by Gasteiger charge is -2.18. The van der Waals surface area contributed by atoms with Crippen molar-refractivity contribution in [2.45, 2.75) is 33.2 Å². The van der Waals surface area contributed by atoms with Crippen LogP contribution in [0.15, 0.2) is 36.4 Å². The summed E-state index contributed by atoms with van der Waals surface area (Å²) in [6.45, 7) is 6.61. The van der Waals surface area contributed by atoms with E-state index >= 15 is 0 Å². The first-order valence-electron chi connectivity index (χ1n) is 6.57. The molecule has 1 atom stereocenters. The van der Waals surface area contributed by atoms with Crippen molar-refractivity contribution in [1.29, 1.82) is 0 Å². The van der Waals surface area contributed by atoms with Gasteiger partial charge in [-0.25, -0.2) is 0 Å². The summed E-state index contributed by atoms with van der Waals surface area (Å²) < 4.78 is 0. The first-order valence-corrected chi connectivity index (χ1v) is 6.57. The zero-order valence-electron chi connectivity index (χ0n) is 11.2. The monoisotopic (exact) mass is 237 g/mol. The van der Waals surface area contributed by atoms with Crippen molar-refractivity contribution in [1.82, 2.24) is 0 Å². The van der Waals surface area contributed by atoms with Crippen LogP contribution in [0.4, 0.5) is 5.69 Å². The maximum absolute atomic E-state index is 3.65. The second-order valence-corrected chi connectivity index (χ2v) is 5.37. The van der Waals surface area contributed by atoms with Crippen LogP contribution in [0.25, 0.3) is 0 Å². The molecule has 0 aromatic heterocycles. The van der Waals surface area contributed by atoms with Gasteiger partial charge in [0, 0.05) is 5.69 Å². The Morgan fingerprint density at radius 2 is 1.67 bits per heavy atom. The van der Waals surface area contributed by atoms with E-state index in [1.165, 1.54) is 33.5 Å². The molecule has 1 unspecified atom stereocenters. The molecule has 0 spiro atoms. The maximum atomic E-state index is 3.65. The number of para-hydroxylation sites is 1. The SMILES string of the molecule is Cc1cc(C)c(C2Cc3ccccc3N2)c(C)c1. The normalized spacial score (nSPS) is 17.4. The Bertz CT molecular complexity index is 550. The molecule has 1 aliphatic rings. The van der Waals surface area contributed by atoms with Crippen LogP contribution in [-0.4, -0.2) is 0 Å². The van der Waals surface area contributed by atoms with E-state index in [2.05, 4.69) is 62.5 Å². The van der Waals surface area contributed by atoms with Gasteiger partial charge in [-0.15, -0.1) is 0 Å². The topological polar surface area (TPSA) is 12.0 Å². The molecule has 92 valence electrons. The Balaban J connectivity index is 2.00. The Kier molecular flexibility index (Phi) is 2.62. The minimum atomic E-state index is 0.433. The summed E-state index contributed by atoms with van der Waals surface area (Å²) in [5.41, 5.74) is 8.35. The highest BCUT2D eigenvalue weighted by Crippen LogP contribution is 2.36. The fourth-order valence-electron chi connectivity index (χ4n) is 3.21. The van der Waals surface area contributed by atoms with Crippen molar-refractivity contribution in [2.24, 2.45) is 0 Å². The molecule has 0 saturated carbocycles. The van der Waals surface area contributed by atoms with Crippen molar-refractivity contribution in [3.8, 4) is 0 Å². The van der Waals surface area contributed by atoms with Crippen LogP contribution < -0.4 is 5.32 Å². The summed E-state index contributed by atoms with van der Waals surface area (Å²) in [4.78, 5) is 0. The lowest BCUT2D eigenvalue weighted by Crippen LogP contribution is -2.09. The number of benzene rings is 2. The van der Waals surface area contributed by atoms with E-state index in [-0.39, 0.29) is 0 Å². The van der Waals surface area contributed by atoms with Gasteiger partial charge in [-0.1, -0.05) is 35.9 Å². The third kappa shape index (κ3) is 1.80. The Hall–Kier alpha value is -1.76. The van der Waals surface area contributed by atoms with E-state index in [4.69, 9.17) is 0 Å². The van der Waals surface area contributed by atoms with Crippen LogP contribution in [0, 0.1) is 20.8 Å².